The Hall–Kier alpha value is -2.73. The molecule has 0 aliphatic carbocycles. The van der Waals surface area contributed by atoms with E-state index >= 15 is 0 Å². The van der Waals surface area contributed by atoms with E-state index in [1.165, 1.54) is 18.3 Å². The number of anilines is 1. The third-order valence-corrected chi connectivity index (χ3v) is 7.47. The van der Waals surface area contributed by atoms with Gasteiger partial charge in [0.15, 0.2) is 0 Å². The summed E-state index contributed by atoms with van der Waals surface area (Å²) in [5.74, 6) is -1.36. The molecule has 2 aliphatic heterocycles. The molecule has 2 aromatic heterocycles. The molecular weight excluding hydrogens is 583 g/mol. The van der Waals surface area contributed by atoms with Gasteiger partial charge in [0.05, 0.1) is 17.9 Å². The van der Waals surface area contributed by atoms with Crippen LogP contribution >= 0.6 is 24.8 Å². The molecule has 1 saturated heterocycles. The highest BCUT2D eigenvalue weighted by Gasteiger charge is 2.41. The number of alkyl halides is 3. The lowest BCUT2D eigenvalue weighted by molar-refractivity contribution is -0.147. The molecule has 7 nitrogen and oxygen atoms in total. The fourth-order valence-electron chi connectivity index (χ4n) is 5.54. The number of aromatic nitrogens is 3. The molecule has 0 spiro atoms. The van der Waals surface area contributed by atoms with Crippen LogP contribution in [0.1, 0.15) is 43.4 Å². The highest BCUT2D eigenvalue weighted by molar-refractivity contribution is 5.97. The Kier molecular flexibility index (Phi) is 10.1. The first-order valence-corrected chi connectivity index (χ1v) is 13.0. The van der Waals surface area contributed by atoms with E-state index in [2.05, 4.69) is 10.3 Å². The van der Waals surface area contributed by atoms with Gasteiger partial charge in [-0.05, 0) is 42.7 Å². The van der Waals surface area contributed by atoms with Gasteiger partial charge in [-0.1, -0.05) is 26.0 Å². The lowest BCUT2D eigenvalue weighted by atomic mass is 9.91. The van der Waals surface area contributed by atoms with Crippen molar-refractivity contribution in [1.82, 2.24) is 24.8 Å². The normalized spacial score (nSPS) is 20.2. The first-order chi connectivity index (χ1) is 18.4. The number of carbonyl (C=O) groups excluding carboxylic acids is 1. The van der Waals surface area contributed by atoms with Gasteiger partial charge in [0.2, 0.25) is 11.7 Å². The van der Waals surface area contributed by atoms with E-state index in [1.54, 1.807) is 23.2 Å². The summed E-state index contributed by atoms with van der Waals surface area (Å²) in [6, 6.07) is 8.03. The molecule has 1 amide bonds. The van der Waals surface area contributed by atoms with Gasteiger partial charge in [0, 0.05) is 62.3 Å². The van der Waals surface area contributed by atoms with E-state index < -0.39 is 12.0 Å². The molecule has 5 rings (SSSR count). The fraction of sp³-hybridized carbons (Fsp3) is 0.464. The van der Waals surface area contributed by atoms with Gasteiger partial charge in [-0.25, -0.2) is 9.37 Å². The number of pyridine rings is 1. The molecule has 3 aromatic rings. The van der Waals surface area contributed by atoms with Crippen molar-refractivity contribution in [1.29, 1.82) is 0 Å². The van der Waals surface area contributed by atoms with Crippen LogP contribution in [0.15, 0.2) is 48.9 Å². The summed E-state index contributed by atoms with van der Waals surface area (Å²) < 4.78 is 54.7. The summed E-state index contributed by atoms with van der Waals surface area (Å²) in [4.78, 5) is 25.7. The van der Waals surface area contributed by atoms with Gasteiger partial charge < -0.3 is 14.8 Å². The predicted molar refractivity (Wildman–Crippen MR) is 153 cm³/mol. The highest BCUT2D eigenvalue weighted by atomic mass is 35.5. The first-order valence-electron chi connectivity index (χ1n) is 13.0. The van der Waals surface area contributed by atoms with Gasteiger partial charge in [-0.15, -0.1) is 24.8 Å². The van der Waals surface area contributed by atoms with E-state index in [0.717, 1.165) is 33.3 Å². The van der Waals surface area contributed by atoms with Crippen LogP contribution in [0.4, 0.5) is 23.2 Å². The number of rotatable bonds is 6. The number of nitrogens with one attached hydrogen (secondary N) is 1. The summed E-state index contributed by atoms with van der Waals surface area (Å²) in [5.41, 5.74) is 3.07. The van der Waals surface area contributed by atoms with Crippen molar-refractivity contribution >= 4 is 36.4 Å². The molecule has 2 atom stereocenters. The van der Waals surface area contributed by atoms with Crippen LogP contribution in [0.5, 0.6) is 0 Å². The summed E-state index contributed by atoms with van der Waals surface area (Å²) in [7, 11) is 0. The van der Waals surface area contributed by atoms with Crippen LogP contribution in [0.2, 0.25) is 0 Å². The Morgan fingerprint density at radius 1 is 1.12 bits per heavy atom. The SMILES string of the molecule is C[C@@H]1CN(CC(=O)N2CC(C)(C)c3ncc(Cc4ccc(F)cc4)cc32)[C@@H](Cn2ccnc2C(F)(F)F)CN1.Cl.Cl. The third kappa shape index (κ3) is 7.20. The van der Waals surface area contributed by atoms with Crippen molar-refractivity contribution < 1.29 is 22.4 Å². The van der Waals surface area contributed by atoms with Gasteiger partial charge in [-0.3, -0.25) is 14.7 Å². The van der Waals surface area contributed by atoms with Crippen molar-refractivity contribution in [2.24, 2.45) is 0 Å². The van der Waals surface area contributed by atoms with Crippen LogP contribution in [-0.4, -0.2) is 63.6 Å². The summed E-state index contributed by atoms with van der Waals surface area (Å²) in [5, 5.41) is 3.32. The van der Waals surface area contributed by atoms with Crippen LogP contribution < -0.4 is 10.2 Å². The first kappa shape index (κ1) is 32.8. The van der Waals surface area contributed by atoms with Gasteiger partial charge in [-0.2, -0.15) is 13.2 Å². The number of benzene rings is 1. The number of piperazine rings is 1. The van der Waals surface area contributed by atoms with Crippen molar-refractivity contribution in [3.05, 3.63) is 77.4 Å². The molecule has 1 aromatic carbocycles. The number of hydrogen-bond donors (Lipinski definition) is 1. The van der Waals surface area contributed by atoms with Gasteiger partial charge in [0.25, 0.3) is 0 Å². The maximum atomic E-state index is 13.7. The second kappa shape index (κ2) is 12.6. The summed E-state index contributed by atoms with van der Waals surface area (Å²) >= 11 is 0. The molecule has 4 heterocycles. The fourth-order valence-corrected chi connectivity index (χ4v) is 5.54. The molecule has 0 bridgehead atoms. The molecule has 0 unspecified atom stereocenters. The number of hydrogen-bond acceptors (Lipinski definition) is 5. The highest BCUT2D eigenvalue weighted by Crippen LogP contribution is 2.40. The Morgan fingerprint density at radius 3 is 2.51 bits per heavy atom. The van der Waals surface area contributed by atoms with Gasteiger partial charge >= 0.3 is 6.18 Å². The van der Waals surface area contributed by atoms with Crippen molar-refractivity contribution in [2.45, 2.75) is 57.4 Å². The average molecular weight is 618 g/mol. The Morgan fingerprint density at radius 2 is 1.83 bits per heavy atom. The number of fused-ring (bicyclic) bond motifs is 1. The van der Waals surface area contributed by atoms with E-state index in [9.17, 15) is 22.4 Å². The maximum absolute atomic E-state index is 13.7. The third-order valence-electron chi connectivity index (χ3n) is 7.47. The zero-order valence-electron chi connectivity index (χ0n) is 23.0. The standard InChI is InChI=1S/C28H32F4N6O.2ClH/c1-18-14-37(22(13-34-18)15-36-9-8-33-26(36)28(30,31)32)16-24(39)38-17-27(2,3)25-23(38)11-20(12-35-25)10-19-4-6-21(29)7-5-19;;/h4-9,11-12,18,22,34H,10,13-17H2,1-3H3;2*1H/t18-,22-;;/m1../s1. The van der Waals surface area contributed by atoms with Crippen LogP contribution in [-0.2, 0) is 29.4 Å². The Balaban J connectivity index is 0.00000231. The van der Waals surface area contributed by atoms with Crippen molar-refractivity contribution in [3.8, 4) is 0 Å². The van der Waals surface area contributed by atoms with Crippen molar-refractivity contribution in [2.75, 3.05) is 31.1 Å². The molecule has 13 heteroatoms. The largest absolute Gasteiger partial charge is 0.449 e. The predicted octanol–water partition coefficient (Wildman–Crippen LogP) is 4.86. The minimum absolute atomic E-state index is 0. The van der Waals surface area contributed by atoms with E-state index in [0.29, 0.717) is 26.1 Å². The quantitative estimate of drug-likeness (QED) is 0.401. The minimum atomic E-state index is -4.55. The Labute approximate surface area is 249 Å². The monoisotopic (exact) mass is 616 g/mol. The molecular formula is C28H34Cl2F4N6O. The van der Waals surface area contributed by atoms with E-state index in [1.807, 2.05) is 31.7 Å². The molecule has 1 N–H and O–H groups in total. The molecule has 224 valence electrons. The summed E-state index contributed by atoms with van der Waals surface area (Å²) in [6.07, 6.45) is 0.274. The Bertz CT molecular complexity index is 1350. The second-order valence-electron chi connectivity index (χ2n) is 11.2. The van der Waals surface area contributed by atoms with Crippen molar-refractivity contribution in [3.63, 3.8) is 0 Å². The van der Waals surface area contributed by atoms with E-state index in [4.69, 9.17) is 4.98 Å². The number of halogens is 6. The number of nitrogens with zero attached hydrogens (tertiary/aromatic N) is 5. The molecule has 2 aliphatic rings. The average Bonchev–Trinajstić information content (AvgIpc) is 3.44. The van der Waals surface area contributed by atoms with Crippen LogP contribution in [0.25, 0.3) is 0 Å². The maximum Gasteiger partial charge on any atom is 0.449 e. The molecule has 0 saturated carbocycles. The van der Waals surface area contributed by atoms with Crippen LogP contribution in [0.3, 0.4) is 0 Å². The zero-order valence-corrected chi connectivity index (χ0v) is 24.6. The zero-order chi connectivity index (χ0) is 27.9. The second-order valence-corrected chi connectivity index (χ2v) is 11.2. The lowest BCUT2D eigenvalue weighted by Gasteiger charge is -2.40. The number of imidazole rings is 1. The number of carbonyl (C=O) groups is 1. The molecule has 41 heavy (non-hydrogen) atoms. The van der Waals surface area contributed by atoms with E-state index in [-0.39, 0.29) is 67.1 Å². The molecule has 1 fully saturated rings. The van der Waals surface area contributed by atoms with Gasteiger partial charge in [0.1, 0.15) is 5.82 Å². The smallest absolute Gasteiger partial charge is 0.326 e. The molecule has 0 radical (unpaired) electrons. The topological polar surface area (TPSA) is 66.3 Å². The van der Waals surface area contributed by atoms with Crippen LogP contribution in [0, 0.1) is 5.82 Å². The summed E-state index contributed by atoms with van der Waals surface area (Å²) in [6.45, 7) is 7.65. The minimum Gasteiger partial charge on any atom is -0.326 e. The lowest BCUT2D eigenvalue weighted by Crippen LogP contribution is -2.59. The number of amides is 1.